The van der Waals surface area contributed by atoms with Gasteiger partial charge in [-0.2, -0.15) is 0 Å². The summed E-state index contributed by atoms with van der Waals surface area (Å²) in [6.45, 7) is 6.39. The predicted octanol–water partition coefficient (Wildman–Crippen LogP) is 4.84. The molecule has 1 unspecified atom stereocenters. The summed E-state index contributed by atoms with van der Waals surface area (Å²) in [6.07, 6.45) is 6.12. The Morgan fingerprint density at radius 3 is 2.70 bits per heavy atom. The third-order valence-electron chi connectivity index (χ3n) is 5.25. The molecule has 1 N–H and O–H groups in total. The molecule has 0 amide bonds. The van der Waals surface area contributed by atoms with Crippen LogP contribution in [-0.2, 0) is 16.1 Å². The molecule has 1 atom stereocenters. The van der Waals surface area contributed by atoms with Crippen LogP contribution in [0.2, 0.25) is 0 Å². The van der Waals surface area contributed by atoms with Crippen molar-refractivity contribution in [1.82, 2.24) is 14.9 Å². The number of ether oxygens (including phenoxy) is 2. The van der Waals surface area contributed by atoms with Crippen LogP contribution in [0.15, 0.2) is 60.6 Å². The Bertz CT molecular complexity index is 1120. The molecule has 0 bridgehead atoms. The van der Waals surface area contributed by atoms with Gasteiger partial charge in [0.15, 0.2) is 0 Å². The van der Waals surface area contributed by atoms with Crippen molar-refractivity contribution >= 4 is 12.0 Å². The maximum absolute atomic E-state index is 13.5. The van der Waals surface area contributed by atoms with Gasteiger partial charge in [-0.25, -0.2) is 14.2 Å². The third kappa shape index (κ3) is 6.29. The Morgan fingerprint density at radius 1 is 1.24 bits per heavy atom. The number of esters is 1. The van der Waals surface area contributed by atoms with Crippen LogP contribution in [-0.4, -0.2) is 35.3 Å². The Hall–Kier alpha value is -3.45. The number of imidazole rings is 1. The summed E-state index contributed by atoms with van der Waals surface area (Å²) >= 11 is 0. The van der Waals surface area contributed by atoms with Gasteiger partial charge in [0.25, 0.3) is 0 Å². The number of carbonyl (C=O) groups is 1. The topological polar surface area (TPSA) is 65.4 Å². The average Bonchev–Trinajstić information content (AvgIpc) is 3.24. The van der Waals surface area contributed by atoms with E-state index in [1.165, 1.54) is 12.1 Å². The number of hydrogen-bond donors (Lipinski definition) is 1. The van der Waals surface area contributed by atoms with E-state index >= 15 is 0 Å². The molecule has 0 saturated heterocycles. The number of rotatable bonds is 10. The molecule has 33 heavy (non-hydrogen) atoms. The molecule has 0 spiro atoms. The highest BCUT2D eigenvalue weighted by Gasteiger charge is 2.21. The first-order valence-electron chi connectivity index (χ1n) is 11.0. The van der Waals surface area contributed by atoms with Crippen molar-refractivity contribution in [3.63, 3.8) is 0 Å². The van der Waals surface area contributed by atoms with E-state index in [9.17, 15) is 9.18 Å². The van der Waals surface area contributed by atoms with Crippen LogP contribution < -0.4 is 10.1 Å². The third-order valence-corrected chi connectivity index (χ3v) is 5.25. The first-order chi connectivity index (χ1) is 15.9. The molecule has 0 radical (unpaired) electrons. The summed E-state index contributed by atoms with van der Waals surface area (Å²) in [5, 5.41) is 3.36. The highest BCUT2D eigenvalue weighted by atomic mass is 19.1. The van der Waals surface area contributed by atoms with E-state index in [2.05, 4.69) is 10.3 Å². The Morgan fingerprint density at radius 2 is 2.06 bits per heavy atom. The molecule has 6 nitrogen and oxygen atoms in total. The van der Waals surface area contributed by atoms with Crippen molar-refractivity contribution in [2.45, 2.75) is 39.8 Å². The van der Waals surface area contributed by atoms with Crippen LogP contribution in [0.4, 0.5) is 4.39 Å². The first-order valence-corrected chi connectivity index (χ1v) is 11.0. The van der Waals surface area contributed by atoms with E-state index in [0.717, 1.165) is 22.5 Å². The van der Waals surface area contributed by atoms with Crippen molar-refractivity contribution in [2.75, 3.05) is 13.7 Å². The maximum Gasteiger partial charge on any atom is 0.335 e. The second kappa shape index (κ2) is 11.4. The Kier molecular flexibility index (Phi) is 8.38. The fourth-order valence-electron chi connectivity index (χ4n) is 3.61. The summed E-state index contributed by atoms with van der Waals surface area (Å²) in [5.41, 5.74) is 3.87. The number of nitrogens with zero attached hydrogens (tertiary/aromatic N) is 2. The van der Waals surface area contributed by atoms with E-state index in [1.54, 1.807) is 26.4 Å². The summed E-state index contributed by atoms with van der Waals surface area (Å²) in [5.74, 6) is -0.0155. The summed E-state index contributed by atoms with van der Waals surface area (Å²) < 4.78 is 26.4. The number of benzene rings is 2. The van der Waals surface area contributed by atoms with E-state index in [1.807, 2.05) is 55.0 Å². The number of hydrogen-bond acceptors (Lipinski definition) is 5. The second-order valence-electron chi connectivity index (χ2n) is 7.65. The van der Waals surface area contributed by atoms with Crippen molar-refractivity contribution in [3.05, 3.63) is 83.2 Å². The zero-order valence-corrected chi connectivity index (χ0v) is 19.5. The highest BCUT2D eigenvalue weighted by Crippen LogP contribution is 2.26. The van der Waals surface area contributed by atoms with Gasteiger partial charge in [0, 0.05) is 18.8 Å². The lowest BCUT2D eigenvalue weighted by molar-refractivity contribution is -0.138. The molecular formula is C26H30FN3O3. The number of methoxy groups -OCH3 is 1. The minimum atomic E-state index is -0.385. The fourth-order valence-corrected chi connectivity index (χ4v) is 3.61. The second-order valence-corrected chi connectivity index (χ2v) is 7.65. The molecule has 7 heteroatoms. The Balaban J connectivity index is 1.91. The molecule has 0 fully saturated rings. The molecule has 0 saturated carbocycles. The summed E-state index contributed by atoms with van der Waals surface area (Å²) in [7, 11) is 1.61. The number of carbonyl (C=O) groups excluding carboxylic acids is 1. The summed E-state index contributed by atoms with van der Waals surface area (Å²) in [6, 6.07) is 11.9. The van der Waals surface area contributed by atoms with Crippen LogP contribution in [0.5, 0.6) is 5.75 Å². The van der Waals surface area contributed by atoms with Gasteiger partial charge in [-0.15, -0.1) is 0 Å². The zero-order valence-electron chi connectivity index (χ0n) is 19.5. The van der Waals surface area contributed by atoms with E-state index in [0.29, 0.717) is 24.3 Å². The predicted molar refractivity (Wildman–Crippen MR) is 127 cm³/mol. The number of halogens is 1. The van der Waals surface area contributed by atoms with Crippen molar-refractivity contribution in [2.24, 2.45) is 0 Å². The fraction of sp³-hybridized carbons (Fsp3) is 0.308. The highest BCUT2D eigenvalue weighted by molar-refractivity contribution is 5.95. The van der Waals surface area contributed by atoms with Gasteiger partial charge in [-0.3, -0.25) is 0 Å². The molecule has 3 rings (SSSR count). The molecule has 3 aromatic rings. The molecule has 0 aliphatic rings. The standard InChI is InChI=1S/C26H30FN3O3/c1-5-23(28-15-20-8-7-9-21(27)12-20)22(26(31)33-6-2)13-19-10-11-24(25(14-19)32-4)30-16-18(3)29-17-30/h7-14,16-17,23,28H,5-6,15H2,1-4H3. The zero-order chi connectivity index (χ0) is 23.8. The lowest BCUT2D eigenvalue weighted by Gasteiger charge is -2.20. The van der Waals surface area contributed by atoms with Crippen LogP contribution >= 0.6 is 0 Å². The monoisotopic (exact) mass is 451 g/mol. The van der Waals surface area contributed by atoms with Gasteiger partial charge in [0.2, 0.25) is 0 Å². The number of nitrogens with one attached hydrogen (secondary N) is 1. The normalized spacial score (nSPS) is 12.5. The number of aryl methyl sites for hydroxylation is 1. The van der Waals surface area contributed by atoms with E-state index < -0.39 is 0 Å². The quantitative estimate of drug-likeness (QED) is 0.353. The smallest absolute Gasteiger partial charge is 0.335 e. The Labute approximate surface area is 194 Å². The van der Waals surface area contributed by atoms with Gasteiger partial charge in [-0.05, 0) is 61.7 Å². The van der Waals surface area contributed by atoms with Crippen molar-refractivity contribution < 1.29 is 18.7 Å². The number of aromatic nitrogens is 2. The molecule has 1 heterocycles. The SMILES string of the molecule is CCOC(=O)C(=Cc1ccc(-n2cnc(C)c2)c(OC)c1)C(CC)NCc1cccc(F)c1. The van der Waals surface area contributed by atoms with Gasteiger partial charge in [0.1, 0.15) is 11.6 Å². The minimum Gasteiger partial charge on any atom is -0.495 e. The largest absolute Gasteiger partial charge is 0.495 e. The van der Waals surface area contributed by atoms with Gasteiger partial charge in [0.05, 0.1) is 37.0 Å². The minimum absolute atomic E-state index is 0.269. The van der Waals surface area contributed by atoms with Crippen LogP contribution in [0, 0.1) is 12.7 Å². The first kappa shape index (κ1) is 24.2. The molecular weight excluding hydrogens is 421 g/mol. The van der Waals surface area contributed by atoms with Crippen LogP contribution in [0.25, 0.3) is 11.8 Å². The summed E-state index contributed by atoms with van der Waals surface area (Å²) in [4.78, 5) is 17.1. The maximum atomic E-state index is 13.5. The van der Waals surface area contributed by atoms with Crippen molar-refractivity contribution in [1.29, 1.82) is 0 Å². The average molecular weight is 452 g/mol. The van der Waals surface area contributed by atoms with E-state index in [4.69, 9.17) is 9.47 Å². The molecule has 174 valence electrons. The lowest BCUT2D eigenvalue weighted by Crippen LogP contribution is -2.33. The van der Waals surface area contributed by atoms with E-state index in [-0.39, 0.29) is 24.4 Å². The molecule has 0 aliphatic carbocycles. The van der Waals surface area contributed by atoms with Crippen LogP contribution in [0.1, 0.15) is 37.1 Å². The molecule has 2 aromatic carbocycles. The van der Waals surface area contributed by atoms with Gasteiger partial charge in [-0.1, -0.05) is 25.1 Å². The lowest BCUT2D eigenvalue weighted by atomic mass is 10.0. The van der Waals surface area contributed by atoms with Gasteiger partial charge >= 0.3 is 5.97 Å². The molecule has 0 aliphatic heterocycles. The van der Waals surface area contributed by atoms with Crippen LogP contribution in [0.3, 0.4) is 0 Å². The van der Waals surface area contributed by atoms with Crippen molar-refractivity contribution in [3.8, 4) is 11.4 Å². The van der Waals surface area contributed by atoms with Gasteiger partial charge < -0.3 is 19.4 Å². The molecule has 1 aromatic heterocycles.